The van der Waals surface area contributed by atoms with E-state index < -0.39 is 0 Å². The lowest BCUT2D eigenvalue weighted by Gasteiger charge is -2.27. The number of hydrogen-bond donors (Lipinski definition) is 1. The van der Waals surface area contributed by atoms with Crippen LogP contribution in [0.25, 0.3) is 0 Å². The molecule has 0 aliphatic rings. The molecule has 1 heterocycles. The van der Waals surface area contributed by atoms with Gasteiger partial charge < -0.3 is 10.2 Å². The molecule has 4 heteroatoms. The van der Waals surface area contributed by atoms with Crippen molar-refractivity contribution < 1.29 is 4.79 Å². The second-order valence-corrected chi connectivity index (χ2v) is 5.94. The highest BCUT2D eigenvalue weighted by atomic mass is 16.2. The lowest BCUT2D eigenvalue weighted by Crippen LogP contribution is -2.37. The van der Waals surface area contributed by atoms with E-state index in [-0.39, 0.29) is 11.9 Å². The van der Waals surface area contributed by atoms with Crippen LogP contribution in [0, 0.1) is 0 Å². The molecule has 1 rings (SSSR count). The van der Waals surface area contributed by atoms with Gasteiger partial charge in [0, 0.05) is 30.4 Å². The Morgan fingerprint density at radius 1 is 1.24 bits per heavy atom. The van der Waals surface area contributed by atoms with Gasteiger partial charge in [-0.2, -0.15) is 0 Å². The first-order valence-corrected chi connectivity index (χ1v) is 7.97. The fraction of sp³-hybridized carbons (Fsp3) is 0.647. The topological polar surface area (TPSA) is 45.2 Å². The normalized spacial score (nSPS) is 11.0. The number of aromatic nitrogens is 1. The van der Waals surface area contributed by atoms with E-state index in [2.05, 4.69) is 44.9 Å². The average Bonchev–Trinajstić information content (AvgIpc) is 2.43. The lowest BCUT2D eigenvalue weighted by atomic mass is 10.1. The number of carbonyl (C=O) groups is 1. The van der Waals surface area contributed by atoms with Gasteiger partial charge in [-0.1, -0.05) is 20.8 Å². The van der Waals surface area contributed by atoms with E-state index >= 15 is 0 Å². The summed E-state index contributed by atoms with van der Waals surface area (Å²) < 4.78 is 0. The Hall–Kier alpha value is -1.58. The molecule has 0 fully saturated rings. The quantitative estimate of drug-likeness (QED) is 0.828. The third-order valence-electron chi connectivity index (χ3n) is 3.39. The van der Waals surface area contributed by atoms with E-state index in [1.807, 2.05) is 24.0 Å². The first-order chi connectivity index (χ1) is 9.90. The average molecular weight is 291 g/mol. The Kier molecular flexibility index (Phi) is 6.66. The van der Waals surface area contributed by atoms with Gasteiger partial charge in [-0.15, -0.1) is 0 Å². The van der Waals surface area contributed by atoms with E-state index in [4.69, 9.17) is 0 Å². The summed E-state index contributed by atoms with van der Waals surface area (Å²) in [4.78, 5) is 19.3. The largest absolute Gasteiger partial charge is 0.370 e. The van der Waals surface area contributed by atoms with Crippen molar-refractivity contribution >= 4 is 11.7 Å². The Bertz CT molecular complexity index is 469. The molecule has 0 atom stereocenters. The summed E-state index contributed by atoms with van der Waals surface area (Å²) in [6.45, 7) is 14.0. The van der Waals surface area contributed by atoms with Crippen LogP contribution in [0.2, 0.25) is 0 Å². The van der Waals surface area contributed by atoms with E-state index in [1.165, 1.54) is 0 Å². The van der Waals surface area contributed by atoms with Gasteiger partial charge in [-0.25, -0.2) is 4.98 Å². The Balaban J connectivity index is 3.17. The van der Waals surface area contributed by atoms with Crippen molar-refractivity contribution in [2.24, 2.45) is 0 Å². The molecule has 4 nitrogen and oxygen atoms in total. The molecule has 0 aliphatic carbocycles. The third-order valence-corrected chi connectivity index (χ3v) is 3.39. The SMILES string of the molecule is CCCN(C(=O)c1cc(NCC)nc(C(C)C)c1)C(C)C. The molecule has 118 valence electrons. The van der Waals surface area contributed by atoms with Crippen molar-refractivity contribution in [2.45, 2.75) is 59.9 Å². The second-order valence-electron chi connectivity index (χ2n) is 5.94. The first-order valence-electron chi connectivity index (χ1n) is 7.97. The van der Waals surface area contributed by atoms with Crippen LogP contribution in [-0.2, 0) is 0 Å². The molecule has 0 aliphatic heterocycles. The molecule has 0 saturated carbocycles. The molecule has 1 N–H and O–H groups in total. The molecule has 1 aromatic heterocycles. The molecule has 0 bridgehead atoms. The fourth-order valence-electron chi connectivity index (χ4n) is 2.24. The van der Waals surface area contributed by atoms with Gasteiger partial charge in [0.25, 0.3) is 5.91 Å². The summed E-state index contributed by atoms with van der Waals surface area (Å²) in [6, 6.07) is 4.00. The van der Waals surface area contributed by atoms with Crippen LogP contribution < -0.4 is 5.32 Å². The Morgan fingerprint density at radius 3 is 2.38 bits per heavy atom. The second kappa shape index (κ2) is 8.01. The molecule has 21 heavy (non-hydrogen) atoms. The minimum absolute atomic E-state index is 0.0929. The van der Waals surface area contributed by atoms with E-state index in [9.17, 15) is 4.79 Å². The number of amides is 1. The smallest absolute Gasteiger partial charge is 0.254 e. The maximum Gasteiger partial charge on any atom is 0.254 e. The van der Waals surface area contributed by atoms with Gasteiger partial charge in [0.2, 0.25) is 0 Å². The predicted octanol–water partition coefficient (Wildman–Crippen LogP) is 3.90. The van der Waals surface area contributed by atoms with Gasteiger partial charge in [0.1, 0.15) is 5.82 Å². The summed E-state index contributed by atoms with van der Waals surface area (Å²) in [5, 5.41) is 3.22. The van der Waals surface area contributed by atoms with Crippen LogP contribution in [0.15, 0.2) is 12.1 Å². The molecule has 0 radical (unpaired) electrons. The van der Waals surface area contributed by atoms with Crippen LogP contribution >= 0.6 is 0 Å². The summed E-state index contributed by atoms with van der Waals surface area (Å²) in [6.07, 6.45) is 0.964. The number of rotatable bonds is 7. The van der Waals surface area contributed by atoms with Crippen molar-refractivity contribution in [3.8, 4) is 0 Å². The number of nitrogens with zero attached hydrogens (tertiary/aromatic N) is 2. The molecule has 0 spiro atoms. The first kappa shape index (κ1) is 17.5. The van der Waals surface area contributed by atoms with Crippen molar-refractivity contribution in [1.82, 2.24) is 9.88 Å². The zero-order valence-electron chi connectivity index (χ0n) is 14.2. The molecule has 0 aromatic carbocycles. The number of anilines is 1. The lowest BCUT2D eigenvalue weighted by molar-refractivity contribution is 0.0705. The summed E-state index contributed by atoms with van der Waals surface area (Å²) in [5.41, 5.74) is 1.68. The third kappa shape index (κ3) is 4.73. The van der Waals surface area contributed by atoms with Crippen molar-refractivity contribution in [3.63, 3.8) is 0 Å². The van der Waals surface area contributed by atoms with Gasteiger partial charge in [0.05, 0.1) is 0 Å². The highest BCUT2D eigenvalue weighted by Crippen LogP contribution is 2.19. The van der Waals surface area contributed by atoms with Crippen molar-refractivity contribution in [3.05, 3.63) is 23.4 Å². The van der Waals surface area contributed by atoms with Crippen LogP contribution in [0.4, 0.5) is 5.82 Å². The molecular weight excluding hydrogens is 262 g/mol. The summed E-state index contributed by atoms with van der Waals surface area (Å²) in [5.74, 6) is 1.18. The zero-order valence-corrected chi connectivity index (χ0v) is 14.2. The predicted molar refractivity (Wildman–Crippen MR) is 89.0 cm³/mol. The highest BCUT2D eigenvalue weighted by molar-refractivity contribution is 5.95. The number of pyridine rings is 1. The molecule has 1 aromatic rings. The van der Waals surface area contributed by atoms with E-state index in [0.29, 0.717) is 5.92 Å². The number of carbonyl (C=O) groups excluding carboxylic acids is 1. The van der Waals surface area contributed by atoms with Gasteiger partial charge >= 0.3 is 0 Å². The van der Waals surface area contributed by atoms with Crippen LogP contribution in [0.3, 0.4) is 0 Å². The van der Waals surface area contributed by atoms with Crippen LogP contribution in [0.5, 0.6) is 0 Å². The zero-order chi connectivity index (χ0) is 16.0. The highest BCUT2D eigenvalue weighted by Gasteiger charge is 2.19. The maximum absolute atomic E-state index is 12.8. The van der Waals surface area contributed by atoms with Crippen molar-refractivity contribution in [1.29, 1.82) is 0 Å². The Morgan fingerprint density at radius 2 is 1.90 bits per heavy atom. The molecule has 0 saturated heterocycles. The summed E-state index contributed by atoms with van der Waals surface area (Å²) >= 11 is 0. The van der Waals surface area contributed by atoms with Gasteiger partial charge in [-0.3, -0.25) is 4.79 Å². The number of nitrogens with one attached hydrogen (secondary N) is 1. The van der Waals surface area contributed by atoms with E-state index in [1.54, 1.807) is 0 Å². The standard InChI is InChI=1S/C17H29N3O/c1-7-9-20(13(5)6)17(21)14-10-15(12(3)4)19-16(11-14)18-8-2/h10-13H,7-9H2,1-6H3,(H,18,19). The Labute approximate surface area is 129 Å². The molecule has 0 unspecified atom stereocenters. The molecular formula is C17H29N3O. The maximum atomic E-state index is 12.8. The van der Waals surface area contributed by atoms with E-state index in [0.717, 1.165) is 36.6 Å². The monoisotopic (exact) mass is 291 g/mol. The summed E-state index contributed by atoms with van der Waals surface area (Å²) in [7, 11) is 0. The minimum Gasteiger partial charge on any atom is -0.370 e. The minimum atomic E-state index is 0.0929. The fourth-order valence-corrected chi connectivity index (χ4v) is 2.24. The van der Waals surface area contributed by atoms with Crippen LogP contribution in [0.1, 0.15) is 69.9 Å². The molecule has 1 amide bonds. The van der Waals surface area contributed by atoms with Gasteiger partial charge in [-0.05, 0) is 45.2 Å². The van der Waals surface area contributed by atoms with Crippen molar-refractivity contribution in [2.75, 3.05) is 18.4 Å². The number of hydrogen-bond acceptors (Lipinski definition) is 3. The van der Waals surface area contributed by atoms with Crippen LogP contribution in [-0.4, -0.2) is 34.9 Å². The van der Waals surface area contributed by atoms with Gasteiger partial charge in [0.15, 0.2) is 0 Å².